The lowest BCUT2D eigenvalue weighted by molar-refractivity contribution is -0.145. The Morgan fingerprint density at radius 2 is 1.73 bits per heavy atom. The fourth-order valence-electron chi connectivity index (χ4n) is 2.49. The Bertz CT molecular complexity index is 1180. The van der Waals surface area contributed by atoms with Crippen molar-refractivity contribution in [3.05, 3.63) is 47.9 Å². The van der Waals surface area contributed by atoms with Gasteiger partial charge in [0, 0.05) is 43.9 Å². The molecule has 0 unspecified atom stereocenters. The number of hydrogen-bond donors (Lipinski definition) is 2. The van der Waals surface area contributed by atoms with Gasteiger partial charge in [-0.2, -0.15) is 26.9 Å². The lowest BCUT2D eigenvalue weighted by Gasteiger charge is -2.16. The number of amides is 1. The minimum absolute atomic E-state index is 0.0457. The second kappa shape index (κ2) is 8.88. The maximum Gasteiger partial charge on any atom is 0.451 e. The maximum atomic E-state index is 13.7. The molecule has 0 atom stereocenters. The highest BCUT2D eigenvalue weighted by Gasteiger charge is 2.35. The van der Waals surface area contributed by atoms with E-state index in [1.54, 1.807) is 0 Å². The molecule has 0 saturated heterocycles. The number of carbonyl (C=O) groups excluding carboxylic acids is 1. The number of rotatable bonds is 6. The Kier molecular flexibility index (Phi) is 6.37. The Labute approximate surface area is 183 Å². The summed E-state index contributed by atoms with van der Waals surface area (Å²) in [5.74, 6) is -6.50. The van der Waals surface area contributed by atoms with Crippen LogP contribution in [0.3, 0.4) is 0 Å². The summed E-state index contributed by atoms with van der Waals surface area (Å²) in [6.45, 7) is 3.35. The molecule has 3 aromatic heterocycles. The number of carbonyl (C=O) groups is 1. The van der Waals surface area contributed by atoms with Crippen molar-refractivity contribution < 1.29 is 31.5 Å². The first kappa shape index (κ1) is 23.7. The van der Waals surface area contributed by atoms with E-state index in [1.807, 2.05) is 0 Å². The number of aryl methyl sites for hydroxylation is 1. The van der Waals surface area contributed by atoms with Gasteiger partial charge in [0.05, 0.1) is 11.9 Å². The molecular formula is C19H16F5N7O2. The van der Waals surface area contributed by atoms with E-state index >= 15 is 0 Å². The molecule has 3 heterocycles. The first-order valence-electron chi connectivity index (χ1n) is 9.18. The lowest BCUT2D eigenvalue weighted by atomic mass is 10.3. The van der Waals surface area contributed by atoms with Crippen LogP contribution in [-0.4, -0.2) is 30.8 Å². The average Bonchev–Trinajstić information content (AvgIpc) is 2.68. The molecule has 0 aromatic carbocycles. The van der Waals surface area contributed by atoms with Crippen LogP contribution in [0.1, 0.15) is 31.2 Å². The maximum absolute atomic E-state index is 13.7. The van der Waals surface area contributed by atoms with Gasteiger partial charge >= 0.3 is 12.1 Å². The first-order chi connectivity index (χ1) is 15.3. The Balaban J connectivity index is 2.01. The van der Waals surface area contributed by atoms with Crippen molar-refractivity contribution in [2.24, 2.45) is 0 Å². The molecule has 0 aliphatic rings. The third-order valence-corrected chi connectivity index (χ3v) is 3.78. The van der Waals surface area contributed by atoms with Crippen LogP contribution in [0.5, 0.6) is 11.6 Å². The number of anilines is 3. The lowest BCUT2D eigenvalue weighted by Crippen LogP contribution is -2.14. The summed E-state index contributed by atoms with van der Waals surface area (Å²) in [7, 11) is 0. The van der Waals surface area contributed by atoms with Crippen LogP contribution < -0.4 is 15.4 Å². The van der Waals surface area contributed by atoms with Crippen molar-refractivity contribution in [3.63, 3.8) is 0 Å². The zero-order chi connectivity index (χ0) is 24.4. The zero-order valence-corrected chi connectivity index (χ0v) is 17.3. The third-order valence-electron chi connectivity index (χ3n) is 3.78. The van der Waals surface area contributed by atoms with Gasteiger partial charge in [-0.25, -0.2) is 19.9 Å². The second-order valence-corrected chi connectivity index (χ2v) is 6.80. The summed E-state index contributed by atoms with van der Waals surface area (Å²) in [6.07, 6.45) is -2.83. The molecular weight excluding hydrogens is 453 g/mol. The number of nitrogens with zero attached hydrogens (tertiary/aromatic N) is 5. The Morgan fingerprint density at radius 3 is 2.36 bits per heavy atom. The van der Waals surface area contributed by atoms with Gasteiger partial charge in [-0.05, 0) is 6.92 Å². The minimum atomic E-state index is -4.80. The second-order valence-electron chi connectivity index (χ2n) is 6.80. The van der Waals surface area contributed by atoms with Crippen LogP contribution in [0, 0.1) is 6.92 Å². The molecule has 0 saturated carbocycles. The number of nitrogens with one attached hydrogen (secondary N) is 2. The van der Waals surface area contributed by atoms with Crippen molar-refractivity contribution in [1.29, 1.82) is 0 Å². The molecule has 174 valence electrons. The molecule has 0 fully saturated rings. The summed E-state index contributed by atoms with van der Waals surface area (Å²) < 4.78 is 71.6. The molecule has 0 spiro atoms. The van der Waals surface area contributed by atoms with E-state index in [-0.39, 0.29) is 28.8 Å². The molecule has 0 radical (unpaired) electrons. The number of aromatic nitrogens is 5. The van der Waals surface area contributed by atoms with E-state index in [0.29, 0.717) is 6.92 Å². The Hall–Kier alpha value is -3.97. The number of hydrogen-bond acceptors (Lipinski definition) is 8. The van der Waals surface area contributed by atoms with Crippen molar-refractivity contribution in [1.82, 2.24) is 24.9 Å². The highest BCUT2D eigenvalue weighted by molar-refractivity contribution is 5.88. The number of alkyl halides is 5. The van der Waals surface area contributed by atoms with E-state index in [0.717, 1.165) is 18.5 Å². The van der Waals surface area contributed by atoms with Gasteiger partial charge in [-0.1, -0.05) is 0 Å². The summed E-state index contributed by atoms with van der Waals surface area (Å²) in [5.41, 5.74) is 0.276. The van der Waals surface area contributed by atoms with E-state index in [4.69, 9.17) is 4.74 Å². The van der Waals surface area contributed by atoms with Crippen LogP contribution in [0.15, 0.2) is 30.6 Å². The monoisotopic (exact) mass is 469 g/mol. The topological polar surface area (TPSA) is 115 Å². The predicted octanol–water partition coefficient (Wildman–Crippen LogP) is 4.59. The normalized spacial score (nSPS) is 11.8. The van der Waals surface area contributed by atoms with E-state index in [9.17, 15) is 26.7 Å². The van der Waals surface area contributed by atoms with E-state index < -0.39 is 35.5 Å². The molecule has 1 amide bonds. The minimum Gasteiger partial charge on any atom is -0.435 e. The molecule has 2 N–H and O–H groups in total. The third kappa shape index (κ3) is 6.27. The fourth-order valence-corrected chi connectivity index (χ4v) is 2.49. The van der Waals surface area contributed by atoms with Gasteiger partial charge in [-0.3, -0.25) is 4.79 Å². The standard InChI is InChI=1S/C19H16F5N7O2/c1-9-6-14(30-16(27-9)18(3,20)21)29-11-7-13(28-10(2)32)26-8-12(11)33-15-4-5-25-17(31-15)19(22,23)24/h4-8H,1-3H3,(H2,26,27,28,29,30,32). The molecule has 0 bridgehead atoms. The predicted molar refractivity (Wildman–Crippen MR) is 105 cm³/mol. The quantitative estimate of drug-likeness (QED) is 0.504. The van der Waals surface area contributed by atoms with Crippen molar-refractivity contribution in [3.8, 4) is 11.6 Å². The van der Waals surface area contributed by atoms with Crippen LogP contribution in [-0.2, 0) is 16.9 Å². The van der Waals surface area contributed by atoms with Crippen molar-refractivity contribution >= 4 is 23.2 Å². The van der Waals surface area contributed by atoms with Crippen molar-refractivity contribution in [2.75, 3.05) is 10.6 Å². The fraction of sp³-hybridized carbons (Fsp3) is 0.263. The molecule has 0 aliphatic carbocycles. The molecule has 9 nitrogen and oxygen atoms in total. The molecule has 33 heavy (non-hydrogen) atoms. The van der Waals surface area contributed by atoms with Gasteiger partial charge in [0.15, 0.2) is 5.75 Å². The molecule has 3 aromatic rings. The summed E-state index contributed by atoms with van der Waals surface area (Å²) in [4.78, 5) is 29.2. The van der Waals surface area contributed by atoms with Crippen LogP contribution in [0.25, 0.3) is 0 Å². The van der Waals surface area contributed by atoms with Gasteiger partial charge < -0.3 is 15.4 Å². The number of ether oxygens (including phenoxy) is 1. The molecule has 0 aliphatic heterocycles. The van der Waals surface area contributed by atoms with Gasteiger partial charge in [0.25, 0.3) is 0 Å². The average molecular weight is 469 g/mol. The van der Waals surface area contributed by atoms with Crippen LogP contribution in [0.2, 0.25) is 0 Å². The Morgan fingerprint density at radius 1 is 1.00 bits per heavy atom. The van der Waals surface area contributed by atoms with Crippen molar-refractivity contribution in [2.45, 2.75) is 32.9 Å². The first-order valence-corrected chi connectivity index (χ1v) is 9.18. The SMILES string of the molecule is CC(=O)Nc1cc(Nc2cc(C)nc(C(C)(F)F)n2)c(Oc2ccnc(C(F)(F)F)n2)cn1. The number of pyridine rings is 1. The number of halogens is 5. The molecule has 3 rings (SSSR count). The van der Waals surface area contributed by atoms with Gasteiger partial charge in [-0.15, -0.1) is 0 Å². The summed E-state index contributed by atoms with van der Waals surface area (Å²) in [5, 5.41) is 5.16. The largest absolute Gasteiger partial charge is 0.451 e. The van der Waals surface area contributed by atoms with E-state index in [1.165, 1.54) is 26.0 Å². The zero-order valence-electron chi connectivity index (χ0n) is 17.3. The highest BCUT2D eigenvalue weighted by atomic mass is 19.4. The van der Waals surface area contributed by atoms with Gasteiger partial charge in [0.1, 0.15) is 11.6 Å². The van der Waals surface area contributed by atoms with Gasteiger partial charge in [0.2, 0.25) is 23.4 Å². The smallest absolute Gasteiger partial charge is 0.435 e. The molecule has 14 heteroatoms. The summed E-state index contributed by atoms with van der Waals surface area (Å²) in [6, 6.07) is 3.74. The van der Waals surface area contributed by atoms with Crippen LogP contribution >= 0.6 is 0 Å². The summed E-state index contributed by atoms with van der Waals surface area (Å²) >= 11 is 0. The van der Waals surface area contributed by atoms with E-state index in [2.05, 4.69) is 35.6 Å². The van der Waals surface area contributed by atoms with Crippen LogP contribution in [0.4, 0.5) is 39.3 Å². The highest BCUT2D eigenvalue weighted by Crippen LogP contribution is 2.34.